The van der Waals surface area contributed by atoms with Gasteiger partial charge in [-0.25, -0.2) is 4.98 Å². The first-order valence-corrected chi connectivity index (χ1v) is 6.22. The lowest BCUT2D eigenvalue weighted by Crippen LogP contribution is -2.42. The fourth-order valence-corrected chi connectivity index (χ4v) is 3.12. The van der Waals surface area contributed by atoms with E-state index in [0.717, 1.165) is 23.1 Å². The predicted octanol–water partition coefficient (Wildman–Crippen LogP) is 0.969. The summed E-state index contributed by atoms with van der Waals surface area (Å²) in [7, 11) is 0. The normalized spacial score (nSPS) is 29.8. The van der Waals surface area contributed by atoms with Crippen LogP contribution in [0.25, 0.3) is 0 Å². The quantitative estimate of drug-likeness (QED) is 0.815. The fourth-order valence-electron chi connectivity index (χ4n) is 2.31. The largest absolute Gasteiger partial charge is 0.371 e. The smallest absolute Gasteiger partial charge is 0.185 e. The first-order valence-electron chi connectivity index (χ1n) is 5.40. The Bertz CT molecular complexity index is 342. The second-order valence-corrected chi connectivity index (χ2v) is 5.27. The third-order valence-corrected chi connectivity index (χ3v) is 4.14. The summed E-state index contributed by atoms with van der Waals surface area (Å²) < 4.78 is 5.79. The molecule has 1 aromatic heterocycles. The van der Waals surface area contributed by atoms with Gasteiger partial charge in [-0.05, 0) is 12.8 Å². The molecule has 0 radical (unpaired) electrons. The first kappa shape index (κ1) is 9.57. The maximum absolute atomic E-state index is 5.79. The van der Waals surface area contributed by atoms with Gasteiger partial charge in [0.1, 0.15) is 0 Å². The molecule has 0 aromatic carbocycles. The number of thiazole rings is 1. The van der Waals surface area contributed by atoms with Crippen molar-refractivity contribution in [1.82, 2.24) is 4.98 Å². The molecule has 0 saturated carbocycles. The van der Waals surface area contributed by atoms with Crippen molar-refractivity contribution in [1.29, 1.82) is 0 Å². The topological polar surface area (TPSA) is 51.4 Å². The second-order valence-electron chi connectivity index (χ2n) is 4.18. The van der Waals surface area contributed by atoms with E-state index < -0.39 is 0 Å². The average molecular weight is 225 g/mol. The van der Waals surface area contributed by atoms with E-state index in [9.17, 15) is 0 Å². The Morgan fingerprint density at radius 1 is 1.47 bits per heavy atom. The molecule has 5 heteroatoms. The van der Waals surface area contributed by atoms with Crippen molar-refractivity contribution < 1.29 is 4.74 Å². The molecule has 0 spiro atoms. The van der Waals surface area contributed by atoms with Gasteiger partial charge in [-0.1, -0.05) is 0 Å². The summed E-state index contributed by atoms with van der Waals surface area (Å²) in [4.78, 5) is 7.92. The molecule has 2 unspecified atom stereocenters. The van der Waals surface area contributed by atoms with E-state index in [1.54, 1.807) is 11.3 Å². The molecule has 82 valence electrons. The summed E-state index contributed by atoms with van der Waals surface area (Å²) in [5.74, 6) is 0. The van der Waals surface area contributed by atoms with Crippen molar-refractivity contribution >= 4 is 16.5 Å². The Morgan fingerprint density at radius 3 is 2.80 bits per heavy atom. The molecule has 2 bridgehead atoms. The number of morpholine rings is 1. The van der Waals surface area contributed by atoms with E-state index in [-0.39, 0.29) is 0 Å². The van der Waals surface area contributed by atoms with Crippen LogP contribution in [0.2, 0.25) is 0 Å². The Morgan fingerprint density at radius 2 is 2.20 bits per heavy atom. The van der Waals surface area contributed by atoms with Crippen LogP contribution in [0.3, 0.4) is 0 Å². The summed E-state index contributed by atoms with van der Waals surface area (Å²) in [6, 6.07) is 0. The number of hydrogen-bond acceptors (Lipinski definition) is 5. The molecule has 15 heavy (non-hydrogen) atoms. The zero-order valence-corrected chi connectivity index (χ0v) is 9.37. The summed E-state index contributed by atoms with van der Waals surface area (Å²) in [6.07, 6.45) is 5.15. The summed E-state index contributed by atoms with van der Waals surface area (Å²) in [5.41, 5.74) is 5.59. The molecule has 1 aromatic rings. The van der Waals surface area contributed by atoms with E-state index >= 15 is 0 Å². The zero-order valence-electron chi connectivity index (χ0n) is 8.56. The summed E-state index contributed by atoms with van der Waals surface area (Å²) in [5, 5.41) is 1.11. The molecule has 2 atom stereocenters. The van der Waals surface area contributed by atoms with Crippen molar-refractivity contribution in [3.8, 4) is 0 Å². The maximum Gasteiger partial charge on any atom is 0.185 e. The molecule has 3 heterocycles. The van der Waals surface area contributed by atoms with Crippen LogP contribution in [-0.2, 0) is 11.3 Å². The van der Waals surface area contributed by atoms with E-state index in [1.165, 1.54) is 12.8 Å². The summed E-state index contributed by atoms with van der Waals surface area (Å²) >= 11 is 1.71. The molecule has 2 aliphatic heterocycles. The van der Waals surface area contributed by atoms with Crippen molar-refractivity contribution in [2.24, 2.45) is 5.73 Å². The highest BCUT2D eigenvalue weighted by atomic mass is 32.1. The van der Waals surface area contributed by atoms with Crippen LogP contribution in [0.1, 0.15) is 17.7 Å². The lowest BCUT2D eigenvalue weighted by Gasteiger charge is -2.31. The van der Waals surface area contributed by atoms with Gasteiger partial charge in [0.2, 0.25) is 0 Å². The highest BCUT2D eigenvalue weighted by molar-refractivity contribution is 7.15. The first-order chi connectivity index (χ1) is 7.35. The number of hydrogen-bond donors (Lipinski definition) is 1. The monoisotopic (exact) mass is 225 g/mol. The predicted molar refractivity (Wildman–Crippen MR) is 60.1 cm³/mol. The van der Waals surface area contributed by atoms with E-state index in [4.69, 9.17) is 10.5 Å². The molecule has 3 rings (SSSR count). The van der Waals surface area contributed by atoms with Crippen molar-refractivity contribution in [3.05, 3.63) is 11.1 Å². The molecule has 2 aliphatic rings. The third-order valence-electron chi connectivity index (χ3n) is 3.06. The Hall–Kier alpha value is -0.650. The Kier molecular flexibility index (Phi) is 2.38. The molecular formula is C10H15N3OS. The molecule has 4 nitrogen and oxygen atoms in total. The van der Waals surface area contributed by atoms with Gasteiger partial charge in [0.25, 0.3) is 0 Å². The van der Waals surface area contributed by atoms with Crippen molar-refractivity contribution in [2.75, 3.05) is 18.0 Å². The number of ether oxygens (including phenoxy) is 1. The molecule has 0 amide bonds. The Labute approximate surface area is 93.0 Å². The van der Waals surface area contributed by atoms with Crippen LogP contribution < -0.4 is 10.6 Å². The van der Waals surface area contributed by atoms with Gasteiger partial charge < -0.3 is 15.4 Å². The maximum atomic E-state index is 5.79. The fraction of sp³-hybridized carbons (Fsp3) is 0.700. The highest BCUT2D eigenvalue weighted by Crippen LogP contribution is 2.31. The van der Waals surface area contributed by atoms with Crippen LogP contribution >= 0.6 is 11.3 Å². The standard InChI is InChI=1S/C10H15N3OS/c11-3-9-4-12-10(15-9)13-5-7-1-2-8(6-13)14-7/h4,7-8H,1-3,5-6,11H2. The highest BCUT2D eigenvalue weighted by Gasteiger charge is 2.34. The van der Waals surface area contributed by atoms with Crippen LogP contribution in [0.15, 0.2) is 6.20 Å². The number of rotatable bonds is 2. The van der Waals surface area contributed by atoms with Gasteiger partial charge in [0.05, 0.1) is 12.2 Å². The number of nitrogens with zero attached hydrogens (tertiary/aromatic N) is 2. The zero-order chi connectivity index (χ0) is 10.3. The minimum Gasteiger partial charge on any atom is -0.371 e. The minimum absolute atomic E-state index is 0.425. The van der Waals surface area contributed by atoms with Crippen LogP contribution in [0.5, 0.6) is 0 Å². The van der Waals surface area contributed by atoms with Gasteiger partial charge >= 0.3 is 0 Å². The molecule has 0 aliphatic carbocycles. The lowest BCUT2D eigenvalue weighted by molar-refractivity contribution is 0.0305. The molecule has 2 saturated heterocycles. The van der Waals surface area contributed by atoms with E-state index in [1.807, 2.05) is 6.20 Å². The number of aromatic nitrogens is 1. The van der Waals surface area contributed by atoms with Gasteiger partial charge in [-0.2, -0.15) is 0 Å². The lowest BCUT2D eigenvalue weighted by atomic mass is 10.2. The van der Waals surface area contributed by atoms with Gasteiger partial charge in [0.15, 0.2) is 5.13 Å². The van der Waals surface area contributed by atoms with Crippen molar-refractivity contribution in [3.63, 3.8) is 0 Å². The summed E-state index contributed by atoms with van der Waals surface area (Å²) in [6.45, 7) is 2.58. The SMILES string of the molecule is NCc1cnc(N2CC3CCC(C2)O3)s1. The number of nitrogens with two attached hydrogens (primary N) is 1. The van der Waals surface area contributed by atoms with Gasteiger partial charge in [-0.15, -0.1) is 11.3 Å². The van der Waals surface area contributed by atoms with Crippen molar-refractivity contribution in [2.45, 2.75) is 31.6 Å². The average Bonchev–Trinajstić information content (AvgIpc) is 2.85. The van der Waals surface area contributed by atoms with Crippen LogP contribution in [0, 0.1) is 0 Å². The minimum atomic E-state index is 0.425. The molecular weight excluding hydrogens is 210 g/mol. The van der Waals surface area contributed by atoms with E-state index in [2.05, 4.69) is 9.88 Å². The van der Waals surface area contributed by atoms with E-state index in [0.29, 0.717) is 18.8 Å². The number of anilines is 1. The number of fused-ring (bicyclic) bond motifs is 2. The second kappa shape index (κ2) is 3.73. The molecule has 2 fully saturated rings. The molecule has 2 N–H and O–H groups in total. The Balaban J connectivity index is 1.77. The van der Waals surface area contributed by atoms with Gasteiger partial charge in [-0.3, -0.25) is 0 Å². The van der Waals surface area contributed by atoms with Crippen LogP contribution in [-0.4, -0.2) is 30.3 Å². The third kappa shape index (κ3) is 1.75. The van der Waals surface area contributed by atoms with Gasteiger partial charge in [0, 0.05) is 30.7 Å². The van der Waals surface area contributed by atoms with Crippen LogP contribution in [0.4, 0.5) is 5.13 Å².